The van der Waals surface area contributed by atoms with Crippen LogP contribution in [0.2, 0.25) is 0 Å². The molecule has 2 heterocycles. The first kappa shape index (κ1) is 23.0. The summed E-state index contributed by atoms with van der Waals surface area (Å²) < 4.78 is 12.7. The lowest BCUT2D eigenvalue weighted by molar-refractivity contribution is -0.0159. The second kappa shape index (κ2) is 14.4. The number of likely N-dealkylation sites (tertiary alicyclic amines) is 1. The molecule has 0 aliphatic carbocycles. The highest BCUT2D eigenvalue weighted by atomic mass is 16.5. The molecule has 1 aromatic heterocycles. The van der Waals surface area contributed by atoms with Crippen LogP contribution >= 0.6 is 0 Å². The third kappa shape index (κ3) is 8.76. The number of hydrogen-bond donors (Lipinski definition) is 0. The summed E-state index contributed by atoms with van der Waals surface area (Å²) in [5, 5.41) is 8.38. The Morgan fingerprint density at radius 2 is 1.75 bits per heavy atom. The van der Waals surface area contributed by atoms with Crippen LogP contribution in [0.3, 0.4) is 0 Å². The van der Waals surface area contributed by atoms with Gasteiger partial charge >= 0.3 is 0 Å². The van der Waals surface area contributed by atoms with Crippen molar-refractivity contribution in [3.05, 3.63) is 11.9 Å². The van der Waals surface area contributed by atoms with Gasteiger partial charge < -0.3 is 9.47 Å². The Kier molecular flexibility index (Phi) is 13.8. The molecule has 0 N–H and O–H groups in total. The van der Waals surface area contributed by atoms with Crippen molar-refractivity contribution in [3.63, 3.8) is 0 Å². The number of methoxy groups -OCH3 is 1. The van der Waals surface area contributed by atoms with Crippen molar-refractivity contribution in [2.45, 2.75) is 73.1 Å². The van der Waals surface area contributed by atoms with E-state index in [1.807, 2.05) is 38.6 Å². The van der Waals surface area contributed by atoms with Crippen LogP contribution in [0, 0.1) is 0 Å². The largest absolute Gasteiger partial charge is 0.382 e. The molecule has 2 rings (SSSR count). The molecule has 0 spiro atoms. The molecule has 0 bridgehead atoms. The third-order valence-electron chi connectivity index (χ3n) is 3.65. The van der Waals surface area contributed by atoms with Gasteiger partial charge in [0.2, 0.25) is 0 Å². The molecule has 0 aromatic carbocycles. The molecule has 1 aromatic rings. The fourth-order valence-corrected chi connectivity index (χ4v) is 2.40. The van der Waals surface area contributed by atoms with E-state index in [1.165, 1.54) is 0 Å². The summed E-state index contributed by atoms with van der Waals surface area (Å²) in [4.78, 5) is 2.42. The lowest BCUT2D eigenvalue weighted by atomic mass is 10.1. The van der Waals surface area contributed by atoms with Crippen LogP contribution in [0.5, 0.6) is 0 Å². The predicted molar refractivity (Wildman–Crippen MR) is 99.2 cm³/mol. The average Bonchev–Trinajstić information content (AvgIpc) is 3.09. The molecule has 142 valence electrons. The predicted octanol–water partition coefficient (Wildman–Crippen LogP) is 3.54. The molecule has 6 heteroatoms. The zero-order valence-corrected chi connectivity index (χ0v) is 16.8. The molecule has 1 fully saturated rings. The Labute approximate surface area is 148 Å². The Balaban J connectivity index is 0.00000123. The highest BCUT2D eigenvalue weighted by Gasteiger charge is 2.20. The van der Waals surface area contributed by atoms with Gasteiger partial charge in [0.1, 0.15) is 0 Å². The molecule has 0 amide bonds. The molecule has 0 saturated carbocycles. The normalized spacial score (nSPS) is 15.5. The average molecular weight is 343 g/mol. The van der Waals surface area contributed by atoms with E-state index < -0.39 is 0 Å². The van der Waals surface area contributed by atoms with Crippen LogP contribution < -0.4 is 0 Å². The molecule has 6 nitrogen and oxygen atoms in total. The quantitative estimate of drug-likeness (QED) is 0.709. The van der Waals surface area contributed by atoms with Crippen LogP contribution in [-0.4, -0.2) is 59.4 Å². The van der Waals surface area contributed by atoms with Crippen molar-refractivity contribution in [1.82, 2.24) is 19.9 Å². The highest BCUT2D eigenvalue weighted by molar-refractivity contribution is 4.93. The SMILES string of the molecule is CC.CC.COCCOC1CCN(Cc2cn(C(C)C)nn2)CC1. The van der Waals surface area contributed by atoms with Gasteiger partial charge in [0, 0.05) is 32.8 Å². The van der Waals surface area contributed by atoms with Gasteiger partial charge in [-0.15, -0.1) is 5.10 Å². The second-order valence-corrected chi connectivity index (χ2v) is 5.62. The van der Waals surface area contributed by atoms with Gasteiger partial charge in [0.15, 0.2) is 0 Å². The van der Waals surface area contributed by atoms with Gasteiger partial charge in [-0.05, 0) is 26.7 Å². The van der Waals surface area contributed by atoms with E-state index in [9.17, 15) is 0 Å². The second-order valence-electron chi connectivity index (χ2n) is 5.62. The van der Waals surface area contributed by atoms with Crippen molar-refractivity contribution in [1.29, 1.82) is 0 Å². The monoisotopic (exact) mass is 342 g/mol. The molecule has 24 heavy (non-hydrogen) atoms. The van der Waals surface area contributed by atoms with Crippen molar-refractivity contribution in [2.75, 3.05) is 33.4 Å². The zero-order chi connectivity index (χ0) is 18.4. The molecule has 1 aliphatic heterocycles. The number of nitrogens with zero attached hydrogens (tertiary/aromatic N) is 4. The summed E-state index contributed by atoms with van der Waals surface area (Å²) in [6, 6.07) is 0.371. The van der Waals surface area contributed by atoms with Gasteiger partial charge in [0.25, 0.3) is 0 Å². The topological polar surface area (TPSA) is 52.4 Å². The fourth-order valence-electron chi connectivity index (χ4n) is 2.40. The Morgan fingerprint density at radius 1 is 1.12 bits per heavy atom. The smallest absolute Gasteiger partial charge is 0.0967 e. The summed E-state index contributed by atoms with van der Waals surface area (Å²) in [6.07, 6.45) is 4.60. The minimum atomic E-state index is 0.371. The lowest BCUT2D eigenvalue weighted by Crippen LogP contribution is -2.37. The summed E-state index contributed by atoms with van der Waals surface area (Å²) in [6.45, 7) is 16.6. The van der Waals surface area contributed by atoms with E-state index in [1.54, 1.807) is 7.11 Å². The lowest BCUT2D eigenvalue weighted by Gasteiger charge is -2.31. The van der Waals surface area contributed by atoms with Crippen LogP contribution in [0.25, 0.3) is 0 Å². The zero-order valence-electron chi connectivity index (χ0n) is 16.8. The summed E-state index contributed by atoms with van der Waals surface area (Å²) in [5.74, 6) is 0. The molecular weight excluding hydrogens is 304 g/mol. The Hall–Kier alpha value is -0.980. The standard InChI is InChI=1S/C14H26N4O2.2C2H6/c1-12(2)18-11-13(15-16-18)10-17-6-4-14(5-7-17)20-9-8-19-3;2*1-2/h11-12,14H,4-10H2,1-3H3;2*1-2H3. The molecule has 1 aliphatic rings. The maximum absolute atomic E-state index is 5.77. The summed E-state index contributed by atoms with van der Waals surface area (Å²) in [5.41, 5.74) is 1.05. The van der Waals surface area contributed by atoms with E-state index in [0.717, 1.165) is 38.2 Å². The van der Waals surface area contributed by atoms with Crippen molar-refractivity contribution >= 4 is 0 Å². The molecule has 0 atom stereocenters. The van der Waals surface area contributed by atoms with Gasteiger partial charge in [0.05, 0.1) is 31.2 Å². The van der Waals surface area contributed by atoms with E-state index in [0.29, 0.717) is 25.4 Å². The number of ether oxygens (including phenoxy) is 2. The molecular formula is C18H38N4O2. The number of hydrogen-bond acceptors (Lipinski definition) is 5. The molecule has 1 saturated heterocycles. The van der Waals surface area contributed by atoms with Crippen LogP contribution in [-0.2, 0) is 16.0 Å². The van der Waals surface area contributed by atoms with Gasteiger partial charge in [-0.1, -0.05) is 32.9 Å². The van der Waals surface area contributed by atoms with E-state index in [-0.39, 0.29) is 0 Å². The highest BCUT2D eigenvalue weighted by Crippen LogP contribution is 2.15. The minimum Gasteiger partial charge on any atom is -0.382 e. The molecule has 0 unspecified atom stereocenters. The van der Waals surface area contributed by atoms with Crippen molar-refractivity contribution in [2.24, 2.45) is 0 Å². The number of aromatic nitrogens is 3. The Bertz CT molecular complexity index is 388. The maximum atomic E-state index is 5.77. The van der Waals surface area contributed by atoms with Gasteiger partial charge in [-0.3, -0.25) is 4.90 Å². The van der Waals surface area contributed by atoms with Crippen LogP contribution in [0.15, 0.2) is 6.20 Å². The van der Waals surface area contributed by atoms with Crippen LogP contribution in [0.1, 0.15) is 66.1 Å². The first-order valence-corrected chi connectivity index (χ1v) is 9.42. The van der Waals surface area contributed by atoms with Gasteiger partial charge in [-0.2, -0.15) is 0 Å². The number of piperidine rings is 1. The van der Waals surface area contributed by atoms with E-state index in [2.05, 4.69) is 29.1 Å². The van der Waals surface area contributed by atoms with E-state index in [4.69, 9.17) is 9.47 Å². The van der Waals surface area contributed by atoms with Crippen LogP contribution in [0.4, 0.5) is 0 Å². The van der Waals surface area contributed by atoms with Crippen molar-refractivity contribution < 1.29 is 9.47 Å². The first-order chi connectivity index (χ1) is 11.7. The maximum Gasteiger partial charge on any atom is 0.0967 e. The molecule has 0 radical (unpaired) electrons. The summed E-state index contributed by atoms with van der Waals surface area (Å²) >= 11 is 0. The van der Waals surface area contributed by atoms with E-state index >= 15 is 0 Å². The van der Waals surface area contributed by atoms with Gasteiger partial charge in [-0.25, -0.2) is 4.68 Å². The first-order valence-electron chi connectivity index (χ1n) is 9.42. The van der Waals surface area contributed by atoms with Crippen molar-refractivity contribution in [3.8, 4) is 0 Å². The summed E-state index contributed by atoms with van der Waals surface area (Å²) in [7, 11) is 1.70. The minimum absolute atomic E-state index is 0.371. The fraction of sp³-hybridized carbons (Fsp3) is 0.889. The Morgan fingerprint density at radius 3 is 2.25 bits per heavy atom. The number of rotatable bonds is 7. The third-order valence-corrected chi connectivity index (χ3v) is 3.65.